The lowest BCUT2D eigenvalue weighted by Gasteiger charge is -2.21. The summed E-state index contributed by atoms with van der Waals surface area (Å²) < 4.78 is 56.5. The van der Waals surface area contributed by atoms with Gasteiger partial charge >= 0.3 is 33.3 Å². The number of hydrogen-bond acceptors (Lipinski definition) is 16. The molecular weight excluding hydrogens is 912 g/mol. The van der Waals surface area contributed by atoms with E-state index in [1.807, 2.05) is 42.5 Å². The first-order chi connectivity index (χ1) is 31.9. The van der Waals surface area contributed by atoms with Crippen LogP contribution in [0.3, 0.4) is 0 Å². The van der Waals surface area contributed by atoms with Crippen LogP contribution in [-0.2, 0) is 46.3 Å². The number of nitrogen functional groups attached to an aromatic ring is 1. The van der Waals surface area contributed by atoms with Crippen LogP contribution < -0.4 is 11.4 Å². The molecule has 0 radical (unpaired) electrons. The van der Waals surface area contributed by atoms with Gasteiger partial charge in [-0.05, 0) is 50.5 Å². The number of anilines is 1. The third-order valence-corrected chi connectivity index (χ3v) is 13.1. The number of esters is 2. The largest absolute Gasteiger partial charge is 0.481 e. The minimum Gasteiger partial charge on any atom is -0.462 e. The molecule has 2 rings (SSSR count). The average molecular weight is 990 g/mol. The Kier molecular flexibility index (Phi) is 30.4. The van der Waals surface area contributed by atoms with Crippen molar-refractivity contribution in [3.05, 3.63) is 71.4 Å². The number of aliphatic hydroxyl groups is 3. The molecule has 0 saturated carbocycles. The zero-order valence-corrected chi connectivity index (χ0v) is 41.3. The number of nitrogens with zero attached hydrogens (tertiary/aromatic N) is 2. The molecule has 1 aliphatic rings. The second kappa shape index (κ2) is 34.1. The van der Waals surface area contributed by atoms with Crippen LogP contribution >= 0.6 is 15.6 Å². The molecule has 2 heterocycles. The van der Waals surface area contributed by atoms with Gasteiger partial charge in [-0.3, -0.25) is 23.2 Å². The molecular formula is C46H77N3O16P2. The molecule has 2 unspecified atom stereocenters. The van der Waals surface area contributed by atoms with E-state index >= 15 is 0 Å². The molecule has 19 nitrogen and oxygen atoms in total. The van der Waals surface area contributed by atoms with Crippen molar-refractivity contribution in [1.82, 2.24) is 9.55 Å². The summed E-state index contributed by atoms with van der Waals surface area (Å²) in [7, 11) is -10.9. The summed E-state index contributed by atoms with van der Waals surface area (Å²) in [5.41, 5.74) is 4.57. The monoisotopic (exact) mass is 989 g/mol. The Morgan fingerprint density at radius 3 is 2.13 bits per heavy atom. The summed E-state index contributed by atoms with van der Waals surface area (Å²) in [6, 6.07) is 1.24. The fourth-order valence-electron chi connectivity index (χ4n) is 6.72. The number of carbonyl (C=O) groups excluding carboxylic acids is 2. The Hall–Kier alpha value is -3.32. The first-order valence-corrected chi connectivity index (χ1v) is 26.6. The number of unbranched alkanes of at least 4 members (excludes halogenated alkanes) is 10. The van der Waals surface area contributed by atoms with Gasteiger partial charge in [0, 0.05) is 19.0 Å². The van der Waals surface area contributed by atoms with Gasteiger partial charge < -0.3 is 45.1 Å². The lowest BCUT2D eigenvalue weighted by molar-refractivity contribution is -0.161. The van der Waals surface area contributed by atoms with Crippen molar-refractivity contribution in [2.75, 3.05) is 25.6 Å². The minimum absolute atomic E-state index is 0.0466. The molecule has 1 aromatic heterocycles. The number of allylic oxidation sites excluding steroid dienone is 7. The van der Waals surface area contributed by atoms with Crippen LogP contribution in [0, 0.1) is 5.92 Å². The second-order valence-electron chi connectivity index (χ2n) is 16.9. The van der Waals surface area contributed by atoms with Crippen LogP contribution in [0.25, 0.3) is 0 Å². The van der Waals surface area contributed by atoms with Gasteiger partial charge in [-0.2, -0.15) is 9.29 Å². The predicted molar refractivity (Wildman–Crippen MR) is 253 cm³/mol. The number of phosphoric acid groups is 2. The van der Waals surface area contributed by atoms with Crippen LogP contribution in [0.15, 0.2) is 65.7 Å². The smallest absolute Gasteiger partial charge is 0.462 e. The Morgan fingerprint density at radius 1 is 0.821 bits per heavy atom. The number of ether oxygens (including phenoxy) is 3. The van der Waals surface area contributed by atoms with Crippen LogP contribution in [0.2, 0.25) is 0 Å². The number of hydrogen-bond donors (Lipinski definition) is 6. The van der Waals surface area contributed by atoms with E-state index in [1.165, 1.54) is 31.7 Å². The first-order valence-electron chi connectivity index (χ1n) is 23.6. The van der Waals surface area contributed by atoms with Crippen molar-refractivity contribution in [3.8, 4) is 0 Å². The van der Waals surface area contributed by atoms with Crippen LogP contribution in [0.5, 0.6) is 0 Å². The zero-order chi connectivity index (χ0) is 49.5. The van der Waals surface area contributed by atoms with E-state index in [4.69, 9.17) is 29.0 Å². The highest BCUT2D eigenvalue weighted by Crippen LogP contribution is 2.60. The predicted octanol–water partition coefficient (Wildman–Crippen LogP) is 7.82. The van der Waals surface area contributed by atoms with E-state index < -0.39 is 89.8 Å². The molecule has 7 N–H and O–H groups in total. The highest BCUT2D eigenvalue weighted by molar-refractivity contribution is 7.61. The van der Waals surface area contributed by atoms with Gasteiger partial charge in [0.15, 0.2) is 12.3 Å². The molecule has 67 heavy (non-hydrogen) atoms. The van der Waals surface area contributed by atoms with Gasteiger partial charge in [0.25, 0.3) is 0 Å². The maximum Gasteiger partial charge on any atom is 0.481 e. The highest BCUT2D eigenvalue weighted by atomic mass is 31.3. The van der Waals surface area contributed by atoms with Gasteiger partial charge in [-0.15, -0.1) is 0 Å². The molecule has 0 bridgehead atoms. The standard InChI is InChI=1S/C46H77N3O16P2/c1-4-5-21-27-37(50)28-23-18-14-9-7-6-8-10-16-20-25-30-42(52)63-38(33-60-41(51)29-24-19-15-12-11-13-17-22-26-36(2)3)34-61-66(56,57)65-67(58,59)62-35-39-43(53)44(54)45(64-39)49-32-31-40(47)48-46(49)55/h6-7,10,14,16,18,23,28,31-32,36-39,43-45,50,53-54H,4-5,8-9,11-13,15,17,19-22,24-27,29-30,33-35H2,1-3H3,(H,56,57)(H,58,59)(H2,47,48,55)/b7-6-,16-10-,18-14-,28-23+/t37-,38+,39+,43+,44+,45+/m0/s1. The maximum absolute atomic E-state index is 12.8. The number of phosphoric ester groups is 2. The van der Waals surface area contributed by atoms with Crippen molar-refractivity contribution in [3.63, 3.8) is 0 Å². The van der Waals surface area contributed by atoms with Crippen molar-refractivity contribution >= 4 is 33.4 Å². The number of nitrogens with two attached hydrogens (primary N) is 1. The SMILES string of the molecule is CCCCC[C@H](O)/C=C/C=C\C/C=C\C/C=C\CCCC(=O)O[C@H](COC(=O)CCCCCCCCCCC(C)C)COP(=O)(O)OP(=O)(O)OC[C@H]1O[C@@H](n2ccc(N)nc2=O)[C@H](O)[C@@H]1O. The van der Waals surface area contributed by atoms with Gasteiger partial charge in [-0.25, -0.2) is 13.9 Å². The molecule has 21 heteroatoms. The molecule has 8 atom stereocenters. The number of aromatic nitrogens is 2. The molecule has 382 valence electrons. The summed E-state index contributed by atoms with van der Waals surface area (Å²) in [6.07, 6.45) is 24.2. The number of aliphatic hydroxyl groups excluding tert-OH is 3. The molecule has 1 fully saturated rings. The molecule has 0 aliphatic carbocycles. The van der Waals surface area contributed by atoms with Crippen molar-refractivity contribution in [1.29, 1.82) is 0 Å². The van der Waals surface area contributed by atoms with E-state index in [1.54, 1.807) is 6.08 Å². The van der Waals surface area contributed by atoms with E-state index in [2.05, 4.69) is 30.1 Å². The quantitative estimate of drug-likeness (QED) is 0.0122. The summed E-state index contributed by atoms with van der Waals surface area (Å²) in [6.45, 7) is 4.19. The number of carbonyl (C=O) groups is 2. The third-order valence-electron chi connectivity index (χ3n) is 10.4. The maximum atomic E-state index is 12.8. The molecule has 0 aromatic carbocycles. The number of rotatable bonds is 37. The molecule has 0 amide bonds. The summed E-state index contributed by atoms with van der Waals surface area (Å²) in [4.78, 5) is 61.7. The van der Waals surface area contributed by atoms with Gasteiger partial charge in [-0.1, -0.05) is 140 Å². The lowest BCUT2D eigenvalue weighted by atomic mass is 10.0. The van der Waals surface area contributed by atoms with Crippen LogP contribution in [0.4, 0.5) is 5.82 Å². The van der Waals surface area contributed by atoms with Crippen LogP contribution in [0.1, 0.15) is 149 Å². The first kappa shape index (κ1) is 59.8. The normalized spacial score (nSPS) is 20.6. The van der Waals surface area contributed by atoms with Crippen LogP contribution in [-0.4, -0.2) is 96.9 Å². The third kappa shape index (κ3) is 28.1. The van der Waals surface area contributed by atoms with Crippen molar-refractivity contribution < 1.29 is 71.4 Å². The molecule has 1 saturated heterocycles. The Bertz CT molecular complexity index is 1840. The van der Waals surface area contributed by atoms with E-state index in [-0.39, 0.29) is 18.7 Å². The van der Waals surface area contributed by atoms with E-state index in [0.717, 1.165) is 68.6 Å². The van der Waals surface area contributed by atoms with Crippen molar-refractivity contribution in [2.45, 2.75) is 180 Å². The summed E-state index contributed by atoms with van der Waals surface area (Å²) in [5, 5.41) is 30.8. The lowest BCUT2D eigenvalue weighted by Crippen LogP contribution is -2.36. The Balaban J connectivity index is 1.86. The molecule has 0 spiro atoms. The van der Waals surface area contributed by atoms with E-state index in [9.17, 15) is 48.6 Å². The van der Waals surface area contributed by atoms with Gasteiger partial charge in [0.1, 0.15) is 30.7 Å². The molecule has 1 aliphatic heterocycles. The van der Waals surface area contributed by atoms with E-state index in [0.29, 0.717) is 31.6 Å². The highest BCUT2D eigenvalue weighted by Gasteiger charge is 2.46. The zero-order valence-electron chi connectivity index (χ0n) is 39.5. The van der Waals surface area contributed by atoms with Gasteiger partial charge in [0.2, 0.25) is 0 Å². The Labute approximate surface area is 395 Å². The molecule has 1 aromatic rings. The minimum atomic E-state index is -5.44. The summed E-state index contributed by atoms with van der Waals surface area (Å²) in [5.74, 6) is -0.687. The van der Waals surface area contributed by atoms with Crippen molar-refractivity contribution in [2.24, 2.45) is 5.92 Å². The Morgan fingerprint density at radius 2 is 1.45 bits per heavy atom. The fourth-order valence-corrected chi connectivity index (χ4v) is 8.83. The second-order valence-corrected chi connectivity index (χ2v) is 20.0. The fraction of sp³-hybridized carbons (Fsp3) is 0.696. The average Bonchev–Trinajstić information content (AvgIpc) is 3.54. The summed E-state index contributed by atoms with van der Waals surface area (Å²) >= 11 is 0. The topological polar surface area (TPSA) is 286 Å². The van der Waals surface area contributed by atoms with Gasteiger partial charge in [0.05, 0.1) is 19.3 Å².